The van der Waals surface area contributed by atoms with E-state index in [4.69, 9.17) is 61.6 Å². The zero-order chi connectivity index (χ0) is 110. The second-order valence-corrected chi connectivity index (χ2v) is 44.7. The van der Waals surface area contributed by atoms with Gasteiger partial charge >= 0.3 is 11.9 Å². The van der Waals surface area contributed by atoms with E-state index in [0.717, 1.165) is 62.0 Å². The Bertz CT molecular complexity index is 4690. The fourth-order valence-corrected chi connectivity index (χ4v) is 23.2. The number of hydrogen-bond donors (Lipinski definition) is 6. The first kappa shape index (κ1) is 126. The number of fused-ring (bicyclic) bond motifs is 6. The largest absolute Gasteiger partial charge is 0.460 e. The lowest BCUT2D eigenvalue weighted by molar-refractivity contribution is -0.266. The molecule has 842 valence electrons. The Morgan fingerprint density at radius 3 is 1.25 bits per heavy atom. The molecular formula is C119H182N2O29. The summed E-state index contributed by atoms with van der Waals surface area (Å²) in [6.45, 7) is 28.3. The first-order valence-corrected chi connectivity index (χ1v) is 55.8. The highest BCUT2D eigenvalue weighted by atomic mass is 16.7. The molecule has 7 fully saturated rings. The van der Waals surface area contributed by atoms with Crippen molar-refractivity contribution in [1.82, 2.24) is 9.80 Å². The summed E-state index contributed by atoms with van der Waals surface area (Å²) >= 11 is 0. The molecule has 0 radical (unpaired) electrons. The van der Waals surface area contributed by atoms with Crippen LogP contribution in [0, 0.1) is 76.9 Å². The molecule has 1 aromatic carbocycles. The van der Waals surface area contributed by atoms with E-state index >= 15 is 0 Å². The molecule has 4 unspecified atom stereocenters. The molecule has 5 saturated heterocycles. The summed E-state index contributed by atoms with van der Waals surface area (Å²) in [6.07, 6.45) is 27.5. The molecule has 7 heterocycles. The SMILES string of the molecule is CO[C@@H]1C[C@H](C[C@@H](C)[C@@H]2CC(=O)[C@H](C)/C=C(\C)[C@@H](O)[C@@H](OC)C(=O)[C@H](C)C[C@H](C)/C=C/C=C/C=C(\C)C(OCCC3CCOCC3)C[C@@H]3CC[C@@H](C)[C@@](O)(O3)C(=O)C(=O)N3CCCCC3C(=O)O2)CC[C@H]1OCCO.CO[C@@H]1C[C@H](C[C@@H](C)[C@@H]2CC(=O)[C@H](C)/C=C(\C)[C@@H](O)[C@@H](OC)C(=O)[C@H](C)C[C@H](C)/C=C/C=C/C=C(\C)C(OCCc3ccccc3)C[C@@H]3CC[C@@H](C)[C@@](O)(O3)C(=O)C(=O)N3CCCCC3C(=O)O2)CC[C@H]1OCCO. The Kier molecular flexibility index (Phi) is 52.8. The standard InChI is InChI=1S/C60H89NO14.C59H93NO15/c1-38-18-12-10-13-19-39(2)51(72-30-27-45-20-14-11-15-21-45)36-47-25-23-44(7)60(69,75-47)57(66)58(67)61-28-17-16-22-48(61)59(68)74-52(41(4)34-46-24-26-50(73-31-29-62)53(35-46)70-8)37-49(63)40(3)33-43(6)55(65)56(71-9)54(64)42(5)32-38;1-37-15-11-10-12-16-38(2)50(72-29-24-44-22-27-71-28-23-44)35-46-20-18-43(7)59(68,75-46)56(65)57(66)60-25-14-13-17-47(60)58(67)74-51(40(4)33-45-19-21-49(73-30-26-61)52(34-45)69-8)36-48(62)39(3)32-42(6)54(64)55(70-9)53(63)41(5)31-37/h10-15,18-21,33,38,40-42,44,46-48,50-53,55-56,62,65,69H,16-17,22-32,34-37H2,1-9H3;10-12,15-16,32,37,39-41,43-47,49-52,54-55,61,64,68H,13-14,17-31,33-36H2,1-9H3/b13-10+,18-12+,39-19+,43-33+;12-10+,15-11+,38-16+,42-32+/t38-,40-,41-,42-,44-,46+,47+,48?,50-,51?,52+,53-,55-,56+,60-;37-,39-,40-,41-,43-,45+,46+,47?,49-,50?,51+,52-,54-,55+,59-/m11/s1. The van der Waals surface area contributed by atoms with Gasteiger partial charge in [-0.15, -0.1) is 0 Å². The number of rotatable bonds is 24. The number of aliphatic hydroxyl groups is 6. The number of hydrogen-bond acceptors (Lipinski definition) is 29. The van der Waals surface area contributed by atoms with Crippen molar-refractivity contribution in [3.05, 3.63) is 131 Å². The smallest absolute Gasteiger partial charge is 0.329 e. The molecule has 0 aromatic heterocycles. The van der Waals surface area contributed by atoms with Crippen LogP contribution in [0.15, 0.2) is 126 Å². The lowest BCUT2D eigenvalue weighted by atomic mass is 9.78. The molecule has 2 amide bonds. The number of cyclic esters (lactones) is 2. The number of ketones is 6. The van der Waals surface area contributed by atoms with E-state index in [0.29, 0.717) is 152 Å². The highest BCUT2D eigenvalue weighted by Gasteiger charge is 2.56. The summed E-state index contributed by atoms with van der Waals surface area (Å²) in [4.78, 5) is 146. The first-order valence-electron chi connectivity index (χ1n) is 55.8. The van der Waals surface area contributed by atoms with Gasteiger partial charge in [0.1, 0.15) is 60.3 Å². The number of aliphatic hydroxyl groups excluding tert-OH is 4. The maximum Gasteiger partial charge on any atom is 0.329 e. The zero-order valence-electron chi connectivity index (χ0n) is 92.9. The average molecular weight is 2100 g/mol. The highest BCUT2D eigenvalue weighted by Crippen LogP contribution is 2.43. The van der Waals surface area contributed by atoms with Crippen molar-refractivity contribution < 1.29 is 140 Å². The van der Waals surface area contributed by atoms with Crippen LogP contribution in [-0.4, -0.2) is 302 Å². The quantitative estimate of drug-likeness (QED) is 0.0318. The number of carbonyl (C=O) groups excluding carboxylic acids is 10. The van der Waals surface area contributed by atoms with Crippen LogP contribution >= 0.6 is 0 Å². The van der Waals surface area contributed by atoms with Crippen LogP contribution in [0.2, 0.25) is 0 Å². The molecule has 6 N–H and O–H groups in total. The van der Waals surface area contributed by atoms with Gasteiger partial charge in [-0.1, -0.05) is 172 Å². The van der Waals surface area contributed by atoms with E-state index in [-0.39, 0.29) is 148 Å². The third-order valence-electron chi connectivity index (χ3n) is 32.9. The van der Waals surface area contributed by atoms with Gasteiger partial charge in [-0.25, -0.2) is 9.59 Å². The Balaban J connectivity index is 0.000000333. The molecule has 30 atom stereocenters. The molecule has 2 aliphatic carbocycles. The average Bonchev–Trinajstić information content (AvgIpc) is 0.772. The van der Waals surface area contributed by atoms with Crippen molar-refractivity contribution in [2.24, 2.45) is 76.9 Å². The van der Waals surface area contributed by atoms with Gasteiger partial charge in [-0.2, -0.15) is 0 Å². The Hall–Kier alpha value is -7.64. The molecule has 1 aromatic rings. The van der Waals surface area contributed by atoms with E-state index < -0.39 is 156 Å². The number of nitrogens with zero attached hydrogens (tertiary/aromatic N) is 2. The van der Waals surface area contributed by atoms with Gasteiger partial charge in [-0.3, -0.25) is 38.4 Å². The third kappa shape index (κ3) is 36.7. The van der Waals surface area contributed by atoms with Crippen LogP contribution in [-0.2, 0) is 116 Å². The summed E-state index contributed by atoms with van der Waals surface area (Å²) in [5.41, 5.74) is 3.69. The molecule has 0 spiro atoms. The molecular weight excluding hydrogens is 1920 g/mol. The van der Waals surface area contributed by atoms with Gasteiger partial charge in [0.15, 0.2) is 11.6 Å². The minimum absolute atomic E-state index is 0.000548. The van der Waals surface area contributed by atoms with E-state index in [1.54, 1.807) is 67.9 Å². The second kappa shape index (κ2) is 62.9. The lowest BCUT2D eigenvalue weighted by Gasteiger charge is -2.43. The van der Waals surface area contributed by atoms with Crippen molar-refractivity contribution in [3.63, 3.8) is 0 Å². The molecule has 2 saturated carbocycles. The van der Waals surface area contributed by atoms with Gasteiger partial charge in [0, 0.05) is 123 Å². The number of piperidine rings is 2. The molecule has 9 aliphatic rings. The Labute approximate surface area is 891 Å². The van der Waals surface area contributed by atoms with Crippen molar-refractivity contribution >= 4 is 58.5 Å². The number of amides is 2. The van der Waals surface area contributed by atoms with Crippen LogP contribution in [0.4, 0.5) is 0 Å². The number of carbonyl (C=O) groups is 10. The normalized spacial score (nSPS) is 37.3. The van der Waals surface area contributed by atoms with Crippen molar-refractivity contribution in [2.45, 2.75) is 386 Å². The summed E-state index contributed by atoms with van der Waals surface area (Å²) in [5.74, 6) is -15.6. The van der Waals surface area contributed by atoms with Crippen LogP contribution < -0.4 is 0 Å². The highest BCUT2D eigenvalue weighted by molar-refractivity contribution is 6.39. The maximum atomic E-state index is 14.6. The van der Waals surface area contributed by atoms with Crippen molar-refractivity contribution in [1.29, 1.82) is 0 Å². The summed E-state index contributed by atoms with van der Waals surface area (Å²) in [6, 6.07) is 7.68. The lowest BCUT2D eigenvalue weighted by Crippen LogP contribution is -2.61. The maximum absolute atomic E-state index is 14.6. The monoisotopic (exact) mass is 2100 g/mol. The van der Waals surface area contributed by atoms with Crippen LogP contribution in [0.5, 0.6) is 0 Å². The number of esters is 2. The van der Waals surface area contributed by atoms with E-state index in [1.807, 2.05) is 146 Å². The number of Topliss-reactive ketones (excluding diaryl/α,β-unsaturated/α-hetero) is 6. The van der Waals surface area contributed by atoms with Gasteiger partial charge < -0.3 is 102 Å². The third-order valence-corrected chi connectivity index (χ3v) is 32.9. The minimum atomic E-state index is -2.46. The fraction of sp³-hybridized carbons (Fsp3) is 0.731. The minimum Gasteiger partial charge on any atom is -0.460 e. The first-order chi connectivity index (χ1) is 71.6. The van der Waals surface area contributed by atoms with Crippen molar-refractivity contribution in [3.8, 4) is 0 Å². The number of benzene rings is 1. The number of allylic oxidation sites excluding steroid dienone is 12. The second-order valence-electron chi connectivity index (χ2n) is 44.7. The molecule has 4 bridgehead atoms. The van der Waals surface area contributed by atoms with E-state index in [9.17, 15) is 78.6 Å². The van der Waals surface area contributed by atoms with E-state index in [1.165, 1.54) is 24.0 Å². The molecule has 150 heavy (non-hydrogen) atoms. The summed E-state index contributed by atoms with van der Waals surface area (Å²) in [7, 11) is 6.03. The number of methoxy groups -OCH3 is 4. The van der Waals surface area contributed by atoms with Crippen LogP contribution in [0.3, 0.4) is 0 Å². The predicted octanol–water partition coefficient (Wildman–Crippen LogP) is 15.2. The fourth-order valence-electron chi connectivity index (χ4n) is 23.2. The zero-order valence-corrected chi connectivity index (χ0v) is 92.9. The van der Waals surface area contributed by atoms with Gasteiger partial charge in [-0.05, 0) is 251 Å². The summed E-state index contributed by atoms with van der Waals surface area (Å²) in [5, 5.41) is 66.3. The van der Waals surface area contributed by atoms with Crippen molar-refractivity contribution in [2.75, 3.05) is 94.4 Å². The van der Waals surface area contributed by atoms with Gasteiger partial charge in [0.05, 0.1) is 81.9 Å². The Morgan fingerprint density at radius 1 is 0.433 bits per heavy atom. The van der Waals surface area contributed by atoms with E-state index in [2.05, 4.69) is 0 Å². The van der Waals surface area contributed by atoms with Gasteiger partial charge in [0.2, 0.25) is 11.6 Å². The molecule has 7 aliphatic heterocycles. The summed E-state index contributed by atoms with van der Waals surface area (Å²) < 4.78 is 78.7. The molecule has 10 rings (SSSR count). The van der Waals surface area contributed by atoms with Gasteiger partial charge in [0.25, 0.3) is 23.4 Å². The molecule has 31 nitrogen and oxygen atoms in total. The number of ether oxygens (including phenoxy) is 13. The van der Waals surface area contributed by atoms with Crippen LogP contribution in [0.1, 0.15) is 276 Å². The predicted molar refractivity (Wildman–Crippen MR) is 568 cm³/mol. The van der Waals surface area contributed by atoms with Crippen LogP contribution in [0.25, 0.3) is 0 Å². The topological polar surface area (TPSA) is 419 Å². The molecule has 31 heteroatoms. The Morgan fingerprint density at radius 2 is 0.847 bits per heavy atom.